The molecule has 0 fully saturated rings. The van der Waals surface area contributed by atoms with Crippen molar-refractivity contribution >= 4 is 75.9 Å². The summed E-state index contributed by atoms with van der Waals surface area (Å²) in [6.45, 7) is 0. The number of rotatable bonds is 4. The molecule has 2 heterocycles. The first-order valence-electron chi connectivity index (χ1n) is 21.5. The van der Waals surface area contributed by atoms with Gasteiger partial charge in [0.2, 0.25) is 0 Å². The van der Waals surface area contributed by atoms with Crippen LogP contribution in [0.5, 0.6) is 0 Å². The number of fused-ring (bicyclic) bond motifs is 12. The van der Waals surface area contributed by atoms with Crippen LogP contribution in [0.4, 0.5) is 0 Å². The molecular weight excluding hydrogens is 749 g/mol. The lowest BCUT2D eigenvalue weighted by Gasteiger charge is -2.16. The lowest BCUT2D eigenvalue weighted by Crippen LogP contribution is -1.97. The van der Waals surface area contributed by atoms with Gasteiger partial charge in [-0.15, -0.1) is 0 Å². The normalized spacial score (nSPS) is 12.2. The third-order valence-corrected chi connectivity index (χ3v) is 13.7. The molecule has 13 aromatic rings. The van der Waals surface area contributed by atoms with E-state index < -0.39 is 0 Å². The van der Waals surface area contributed by atoms with E-state index in [0.717, 1.165) is 0 Å². The second-order valence-corrected chi connectivity index (χ2v) is 16.8. The first-order valence-corrected chi connectivity index (χ1v) is 21.5. The maximum absolute atomic E-state index is 2.55. The second-order valence-electron chi connectivity index (χ2n) is 16.8. The van der Waals surface area contributed by atoms with Crippen LogP contribution in [0.1, 0.15) is 0 Å². The fraction of sp³-hybridized carbons (Fsp3) is 0. The van der Waals surface area contributed by atoms with E-state index in [0.29, 0.717) is 0 Å². The monoisotopic (exact) mass is 784 g/mol. The number of aromatic nitrogens is 2. The van der Waals surface area contributed by atoms with E-state index in [-0.39, 0.29) is 0 Å². The molecule has 0 atom stereocenters. The van der Waals surface area contributed by atoms with Crippen LogP contribution in [0, 0.1) is 0 Å². The molecule has 0 N–H and O–H groups in total. The first kappa shape index (κ1) is 33.6. The zero-order chi connectivity index (χ0) is 40.5. The van der Waals surface area contributed by atoms with Crippen molar-refractivity contribution in [2.75, 3.05) is 0 Å². The van der Waals surface area contributed by atoms with E-state index in [4.69, 9.17) is 0 Å². The van der Waals surface area contributed by atoms with Gasteiger partial charge in [-0.1, -0.05) is 176 Å². The lowest BCUT2D eigenvalue weighted by molar-refractivity contribution is 1.18. The van der Waals surface area contributed by atoms with Crippen LogP contribution in [0.2, 0.25) is 0 Å². The summed E-state index contributed by atoms with van der Waals surface area (Å²) >= 11 is 0. The van der Waals surface area contributed by atoms with Gasteiger partial charge >= 0.3 is 0 Å². The zero-order valence-corrected chi connectivity index (χ0v) is 33.7. The van der Waals surface area contributed by atoms with Crippen molar-refractivity contribution in [1.82, 2.24) is 9.13 Å². The highest BCUT2D eigenvalue weighted by Gasteiger charge is 2.24. The smallest absolute Gasteiger partial charge is 0.0619 e. The molecule has 0 unspecified atom stereocenters. The molecule has 0 radical (unpaired) electrons. The van der Waals surface area contributed by atoms with Crippen LogP contribution in [-0.4, -0.2) is 9.13 Å². The highest BCUT2D eigenvalue weighted by molar-refractivity contribution is 6.22. The number of hydrogen-bond acceptors (Lipinski definition) is 0. The first-order chi connectivity index (χ1) is 30.8. The van der Waals surface area contributed by atoms with E-state index in [1.54, 1.807) is 0 Å². The third-order valence-electron chi connectivity index (χ3n) is 13.7. The van der Waals surface area contributed by atoms with Gasteiger partial charge in [-0.3, -0.25) is 0 Å². The Balaban J connectivity index is 1.01. The molecule has 0 amide bonds. The minimum absolute atomic E-state index is 1.17. The molecule has 0 spiro atoms. The molecule has 0 aliphatic heterocycles. The fourth-order valence-electron chi connectivity index (χ4n) is 11.0. The van der Waals surface area contributed by atoms with Crippen molar-refractivity contribution in [3.8, 4) is 55.9 Å². The number of benzene rings is 11. The Morgan fingerprint density at radius 2 is 0.839 bits per heavy atom. The van der Waals surface area contributed by atoms with Crippen molar-refractivity contribution in [3.05, 3.63) is 218 Å². The van der Waals surface area contributed by atoms with Crippen molar-refractivity contribution in [2.45, 2.75) is 0 Å². The number of hydrogen-bond donors (Lipinski definition) is 0. The van der Waals surface area contributed by atoms with E-state index in [2.05, 4.69) is 228 Å². The Labute approximate surface area is 357 Å². The van der Waals surface area contributed by atoms with E-state index >= 15 is 0 Å². The van der Waals surface area contributed by atoms with Crippen LogP contribution in [0.3, 0.4) is 0 Å². The number of nitrogens with zero attached hydrogens (tertiary/aromatic N) is 2. The quantitative estimate of drug-likeness (QED) is 0.168. The van der Waals surface area contributed by atoms with Gasteiger partial charge < -0.3 is 9.13 Å². The van der Waals surface area contributed by atoms with E-state index in [9.17, 15) is 0 Å². The molecule has 2 nitrogen and oxygen atoms in total. The van der Waals surface area contributed by atoms with Crippen LogP contribution in [0.15, 0.2) is 218 Å². The van der Waals surface area contributed by atoms with E-state index in [1.807, 2.05) is 0 Å². The summed E-state index contributed by atoms with van der Waals surface area (Å²) in [5.41, 5.74) is 17.4. The van der Waals surface area contributed by atoms with Crippen LogP contribution in [0.25, 0.3) is 132 Å². The maximum atomic E-state index is 2.55. The number of para-hydroxylation sites is 2. The molecule has 62 heavy (non-hydrogen) atoms. The summed E-state index contributed by atoms with van der Waals surface area (Å²) in [4.78, 5) is 0. The Morgan fingerprint density at radius 1 is 0.258 bits per heavy atom. The Morgan fingerprint density at radius 3 is 1.73 bits per heavy atom. The minimum atomic E-state index is 1.17. The molecule has 1 aliphatic rings. The van der Waals surface area contributed by atoms with Gasteiger partial charge in [0.05, 0.1) is 27.8 Å². The molecule has 0 saturated heterocycles. The second kappa shape index (κ2) is 12.7. The molecular formula is C60H36N2. The molecule has 11 aromatic carbocycles. The highest BCUT2D eigenvalue weighted by atomic mass is 15.0. The fourth-order valence-corrected chi connectivity index (χ4v) is 11.0. The molecule has 14 rings (SSSR count). The topological polar surface area (TPSA) is 9.86 Å². The third kappa shape index (κ3) is 4.58. The minimum Gasteiger partial charge on any atom is -0.309 e. The average molecular weight is 785 g/mol. The SMILES string of the molecule is c1ccc(-n2c3ccccc3c3cc(-c4ccc5c6ccc7ccccc7c6n(-c6cccc7c(-c8ccc9c%10c(cccc8%10)-c8ccccc8-9)cccc67)c5c4)ccc32)cc1. The summed E-state index contributed by atoms with van der Waals surface area (Å²) in [6, 6.07) is 81.1. The van der Waals surface area contributed by atoms with Gasteiger partial charge in [0, 0.05) is 38.0 Å². The van der Waals surface area contributed by atoms with Crippen molar-refractivity contribution in [1.29, 1.82) is 0 Å². The van der Waals surface area contributed by atoms with Crippen molar-refractivity contribution in [2.24, 2.45) is 0 Å². The van der Waals surface area contributed by atoms with Gasteiger partial charge in [0.15, 0.2) is 0 Å². The maximum Gasteiger partial charge on any atom is 0.0619 e. The predicted octanol–water partition coefficient (Wildman–Crippen LogP) is 16.3. The Hall–Kier alpha value is -8.20. The summed E-state index contributed by atoms with van der Waals surface area (Å²) in [5, 5.41) is 12.6. The molecule has 0 saturated carbocycles. The van der Waals surface area contributed by atoms with Crippen molar-refractivity contribution < 1.29 is 0 Å². The largest absolute Gasteiger partial charge is 0.309 e. The summed E-state index contributed by atoms with van der Waals surface area (Å²) in [5.74, 6) is 0. The average Bonchev–Trinajstić information content (AvgIpc) is 3.98. The summed E-state index contributed by atoms with van der Waals surface area (Å²) in [7, 11) is 0. The standard InChI is InChI=1S/C60H36N2/c1-2-14-40(15-3-1)61-55-25-9-8-19-48(55)54-35-38(29-34-57(54)61)39-28-30-49-53-31-27-37-13-4-5-16-41(37)60(53)62(58(49)36-39)56-26-12-21-43-42(20-10-22-47(43)56)46-32-33-52-45-18-7-6-17-44(45)50-23-11-24-51(46)59(50)52/h1-36H. The van der Waals surface area contributed by atoms with Gasteiger partial charge in [-0.2, -0.15) is 0 Å². The molecule has 2 heteroatoms. The van der Waals surface area contributed by atoms with Crippen LogP contribution in [-0.2, 0) is 0 Å². The highest BCUT2D eigenvalue weighted by Crippen LogP contribution is 2.50. The summed E-state index contributed by atoms with van der Waals surface area (Å²) in [6.07, 6.45) is 0. The van der Waals surface area contributed by atoms with Gasteiger partial charge in [0.1, 0.15) is 0 Å². The summed E-state index contributed by atoms with van der Waals surface area (Å²) < 4.78 is 4.94. The molecule has 2 aromatic heterocycles. The van der Waals surface area contributed by atoms with Crippen LogP contribution >= 0.6 is 0 Å². The molecule has 0 bridgehead atoms. The van der Waals surface area contributed by atoms with Gasteiger partial charge in [-0.05, 0) is 109 Å². The Kier molecular flexibility index (Phi) is 6.86. The van der Waals surface area contributed by atoms with Crippen molar-refractivity contribution in [3.63, 3.8) is 0 Å². The Bertz CT molecular complexity index is 4000. The lowest BCUT2D eigenvalue weighted by atomic mass is 9.91. The molecule has 286 valence electrons. The van der Waals surface area contributed by atoms with E-state index in [1.165, 1.54) is 132 Å². The molecule has 1 aliphatic carbocycles. The zero-order valence-electron chi connectivity index (χ0n) is 33.7. The van der Waals surface area contributed by atoms with Gasteiger partial charge in [0.25, 0.3) is 0 Å². The van der Waals surface area contributed by atoms with Crippen LogP contribution < -0.4 is 0 Å². The predicted molar refractivity (Wildman–Crippen MR) is 263 cm³/mol. The van der Waals surface area contributed by atoms with Gasteiger partial charge in [-0.25, -0.2) is 0 Å².